The average Bonchev–Trinajstić information content (AvgIpc) is 2.17. The summed E-state index contributed by atoms with van der Waals surface area (Å²) in [6.07, 6.45) is -0.364. The number of aliphatic hydroxyl groups excluding tert-OH is 1. The number of aliphatic hydroxyl groups is 1. The second kappa shape index (κ2) is 5.42. The van der Waals surface area contributed by atoms with Gasteiger partial charge in [0.15, 0.2) is 0 Å². The summed E-state index contributed by atoms with van der Waals surface area (Å²) in [7, 11) is -0.196. The monoisotopic (exact) mass is 251 g/mol. The van der Waals surface area contributed by atoms with Crippen LogP contribution in [0.1, 0.15) is 6.92 Å². The second-order valence-corrected chi connectivity index (χ2v) is 6.48. The lowest BCUT2D eigenvalue weighted by molar-refractivity contribution is 0.102. The van der Waals surface area contributed by atoms with Crippen LogP contribution in [0.15, 0.2) is 0 Å². The van der Waals surface area contributed by atoms with Crippen molar-refractivity contribution in [1.82, 2.24) is 13.5 Å². The summed E-state index contributed by atoms with van der Waals surface area (Å²) in [5, 5.41) is 9.24. The molecule has 6 nitrogen and oxygen atoms in total. The van der Waals surface area contributed by atoms with E-state index in [0.29, 0.717) is 32.7 Å². The van der Waals surface area contributed by atoms with Crippen molar-refractivity contribution < 1.29 is 13.5 Å². The van der Waals surface area contributed by atoms with Crippen LogP contribution < -0.4 is 0 Å². The Morgan fingerprint density at radius 3 is 2.12 bits per heavy atom. The summed E-state index contributed by atoms with van der Waals surface area (Å²) in [5.41, 5.74) is 0. The van der Waals surface area contributed by atoms with Crippen molar-refractivity contribution in [3.05, 3.63) is 0 Å². The summed E-state index contributed by atoms with van der Waals surface area (Å²) in [6, 6.07) is 0. The number of piperazine rings is 1. The lowest BCUT2D eigenvalue weighted by atomic mass is 10.3. The van der Waals surface area contributed by atoms with Gasteiger partial charge in [0, 0.05) is 46.8 Å². The molecule has 0 aromatic heterocycles. The Morgan fingerprint density at radius 2 is 1.75 bits per heavy atom. The van der Waals surface area contributed by atoms with E-state index in [1.807, 2.05) is 0 Å². The summed E-state index contributed by atoms with van der Waals surface area (Å²) >= 11 is 0. The highest BCUT2D eigenvalue weighted by Gasteiger charge is 2.28. The van der Waals surface area contributed by atoms with Crippen LogP contribution in [0.3, 0.4) is 0 Å². The molecule has 0 spiro atoms. The normalized spacial score (nSPS) is 22.6. The minimum atomic E-state index is -3.27. The number of rotatable bonds is 4. The maximum atomic E-state index is 11.8. The van der Waals surface area contributed by atoms with Gasteiger partial charge in [0.25, 0.3) is 10.2 Å². The topological polar surface area (TPSA) is 64.1 Å². The lowest BCUT2D eigenvalue weighted by Gasteiger charge is -2.35. The molecule has 0 bridgehead atoms. The number of hydrogen-bond acceptors (Lipinski definition) is 4. The minimum Gasteiger partial charge on any atom is -0.392 e. The highest BCUT2D eigenvalue weighted by Crippen LogP contribution is 2.09. The van der Waals surface area contributed by atoms with Crippen molar-refractivity contribution in [2.45, 2.75) is 13.0 Å². The fourth-order valence-electron chi connectivity index (χ4n) is 1.75. The summed E-state index contributed by atoms with van der Waals surface area (Å²) in [5.74, 6) is 0. The summed E-state index contributed by atoms with van der Waals surface area (Å²) in [4.78, 5) is 2.08. The zero-order valence-corrected chi connectivity index (χ0v) is 10.9. The molecule has 1 rings (SSSR count). The first kappa shape index (κ1) is 13.9. The molecule has 1 atom stereocenters. The quantitative estimate of drug-likeness (QED) is 0.681. The van der Waals surface area contributed by atoms with Crippen molar-refractivity contribution >= 4 is 10.2 Å². The summed E-state index contributed by atoms with van der Waals surface area (Å²) in [6.45, 7) is 4.69. The number of hydrogen-bond donors (Lipinski definition) is 1. The third kappa shape index (κ3) is 3.39. The maximum absolute atomic E-state index is 11.8. The van der Waals surface area contributed by atoms with Gasteiger partial charge in [-0.3, -0.25) is 4.90 Å². The van der Waals surface area contributed by atoms with Crippen LogP contribution in [0.25, 0.3) is 0 Å². The molecule has 0 aliphatic carbocycles. The Bertz CT molecular complexity index is 308. The van der Waals surface area contributed by atoms with Gasteiger partial charge in [-0.05, 0) is 6.92 Å². The van der Waals surface area contributed by atoms with Gasteiger partial charge in [-0.15, -0.1) is 0 Å². The average molecular weight is 251 g/mol. The molecule has 16 heavy (non-hydrogen) atoms. The molecule has 1 aliphatic rings. The van der Waals surface area contributed by atoms with E-state index in [-0.39, 0.29) is 6.10 Å². The highest BCUT2D eigenvalue weighted by molar-refractivity contribution is 7.86. The SMILES string of the molecule is CC(O)CN1CCN(S(=O)(=O)N(C)C)CC1. The van der Waals surface area contributed by atoms with E-state index in [4.69, 9.17) is 0 Å². The van der Waals surface area contributed by atoms with Crippen molar-refractivity contribution in [2.24, 2.45) is 0 Å². The zero-order chi connectivity index (χ0) is 12.3. The van der Waals surface area contributed by atoms with Gasteiger partial charge < -0.3 is 5.11 Å². The Labute approximate surface area is 97.6 Å². The van der Waals surface area contributed by atoms with Gasteiger partial charge in [0.05, 0.1) is 6.10 Å². The van der Waals surface area contributed by atoms with Gasteiger partial charge >= 0.3 is 0 Å². The summed E-state index contributed by atoms with van der Waals surface area (Å²) < 4.78 is 26.3. The molecule has 1 N–H and O–H groups in total. The van der Waals surface area contributed by atoms with E-state index in [1.54, 1.807) is 6.92 Å². The van der Waals surface area contributed by atoms with Crippen molar-refractivity contribution in [3.63, 3.8) is 0 Å². The standard InChI is InChI=1S/C9H21N3O3S/c1-9(13)8-11-4-6-12(7-5-11)16(14,15)10(2)3/h9,13H,4-8H2,1-3H3. The predicted octanol–water partition coefficient (Wildman–Crippen LogP) is -1.21. The van der Waals surface area contributed by atoms with Crippen molar-refractivity contribution in [3.8, 4) is 0 Å². The van der Waals surface area contributed by atoms with Gasteiger partial charge in [0.1, 0.15) is 0 Å². The van der Waals surface area contributed by atoms with Gasteiger partial charge in [-0.1, -0.05) is 0 Å². The van der Waals surface area contributed by atoms with E-state index in [9.17, 15) is 13.5 Å². The fraction of sp³-hybridized carbons (Fsp3) is 1.00. The molecule has 0 saturated carbocycles. The lowest BCUT2D eigenvalue weighted by Crippen LogP contribution is -2.52. The molecule has 7 heteroatoms. The zero-order valence-electron chi connectivity index (χ0n) is 10.1. The molecule has 0 amide bonds. The molecule has 1 heterocycles. The molecule has 0 radical (unpaired) electrons. The van der Waals surface area contributed by atoms with Crippen molar-refractivity contribution in [1.29, 1.82) is 0 Å². The van der Waals surface area contributed by atoms with E-state index < -0.39 is 10.2 Å². The Balaban J connectivity index is 2.49. The van der Waals surface area contributed by atoms with Crippen LogP contribution in [0.4, 0.5) is 0 Å². The molecular formula is C9H21N3O3S. The maximum Gasteiger partial charge on any atom is 0.281 e. The fourth-order valence-corrected chi connectivity index (χ4v) is 2.83. The van der Waals surface area contributed by atoms with Gasteiger partial charge in [-0.2, -0.15) is 17.0 Å². The molecule has 0 aromatic carbocycles. The van der Waals surface area contributed by atoms with Gasteiger partial charge in [0.2, 0.25) is 0 Å². The van der Waals surface area contributed by atoms with Crippen LogP contribution in [0, 0.1) is 0 Å². The van der Waals surface area contributed by atoms with Crippen LogP contribution in [0.2, 0.25) is 0 Å². The minimum absolute atomic E-state index is 0.364. The molecule has 1 unspecified atom stereocenters. The number of β-amino-alcohol motifs (C(OH)–C–C–N with tert-alkyl or cyclic N) is 1. The van der Waals surface area contributed by atoms with E-state index >= 15 is 0 Å². The Hall–Kier alpha value is -0.210. The smallest absolute Gasteiger partial charge is 0.281 e. The molecule has 1 aliphatic heterocycles. The first-order valence-corrected chi connectivity index (χ1v) is 6.81. The van der Waals surface area contributed by atoms with E-state index in [0.717, 1.165) is 0 Å². The third-order valence-corrected chi connectivity index (χ3v) is 4.58. The molecule has 0 aromatic rings. The van der Waals surface area contributed by atoms with Crippen LogP contribution >= 0.6 is 0 Å². The van der Waals surface area contributed by atoms with Crippen LogP contribution in [-0.2, 0) is 10.2 Å². The molecular weight excluding hydrogens is 230 g/mol. The van der Waals surface area contributed by atoms with Gasteiger partial charge in [-0.25, -0.2) is 0 Å². The molecule has 96 valence electrons. The van der Waals surface area contributed by atoms with Crippen LogP contribution in [-0.4, -0.2) is 80.0 Å². The van der Waals surface area contributed by atoms with Crippen molar-refractivity contribution in [2.75, 3.05) is 46.8 Å². The van der Waals surface area contributed by atoms with E-state index in [1.165, 1.54) is 22.7 Å². The second-order valence-electron chi connectivity index (χ2n) is 4.34. The predicted molar refractivity (Wildman–Crippen MR) is 62.3 cm³/mol. The van der Waals surface area contributed by atoms with E-state index in [2.05, 4.69) is 4.90 Å². The highest BCUT2D eigenvalue weighted by atomic mass is 32.2. The first-order chi connectivity index (χ1) is 7.34. The Kier molecular flexibility index (Phi) is 4.69. The molecule has 1 fully saturated rings. The third-order valence-electron chi connectivity index (χ3n) is 2.64. The van der Waals surface area contributed by atoms with Crippen LogP contribution in [0.5, 0.6) is 0 Å². The molecule has 1 saturated heterocycles. The number of nitrogens with zero attached hydrogens (tertiary/aromatic N) is 3. The Morgan fingerprint density at radius 1 is 1.25 bits per heavy atom. The first-order valence-electron chi connectivity index (χ1n) is 5.42. The largest absolute Gasteiger partial charge is 0.392 e.